The summed E-state index contributed by atoms with van der Waals surface area (Å²) in [5.74, 6) is -2.76. The molecule has 2 aromatic rings. The number of carbonyl (C=O) groups is 4. The van der Waals surface area contributed by atoms with Crippen molar-refractivity contribution in [2.24, 2.45) is 0 Å². The molecule has 0 saturated carbocycles. The van der Waals surface area contributed by atoms with Crippen molar-refractivity contribution in [2.75, 3.05) is 20.8 Å². The largest absolute Gasteiger partial charge is 0.467 e. The van der Waals surface area contributed by atoms with Gasteiger partial charge in [-0.15, -0.1) is 0 Å². The van der Waals surface area contributed by atoms with Crippen LogP contribution in [0.4, 0.5) is 0 Å². The van der Waals surface area contributed by atoms with Crippen molar-refractivity contribution in [3.8, 4) is 0 Å². The fraction of sp³-hybridized carbons (Fsp3) is 0.182. The van der Waals surface area contributed by atoms with Crippen LogP contribution < -0.4 is 10.6 Å². The quantitative estimate of drug-likeness (QED) is 0.345. The number of nitrogens with one attached hydrogen (secondary N) is 2. The third-order valence-corrected chi connectivity index (χ3v) is 5.31. The number of carbonyl (C=O) groups excluding carboxylic acids is 4. The minimum absolute atomic E-state index is 0.0446. The number of aliphatic hydroxyl groups is 1. The summed E-state index contributed by atoms with van der Waals surface area (Å²) >= 11 is 23.3. The van der Waals surface area contributed by atoms with Gasteiger partial charge in [0.25, 0.3) is 11.8 Å². The number of esters is 2. The van der Waals surface area contributed by atoms with Gasteiger partial charge in [-0.1, -0.05) is 65.1 Å². The first-order valence-corrected chi connectivity index (χ1v) is 11.0. The average Bonchev–Trinajstić information content (AvgIpc) is 2.81. The van der Waals surface area contributed by atoms with E-state index in [4.69, 9.17) is 51.5 Å². The van der Waals surface area contributed by atoms with Crippen molar-refractivity contribution in [3.63, 3.8) is 0 Å². The van der Waals surface area contributed by atoms with E-state index in [2.05, 4.69) is 26.7 Å². The highest BCUT2D eigenvalue weighted by Gasteiger charge is 2.23. The predicted molar refractivity (Wildman–Crippen MR) is 132 cm³/mol. The molecule has 3 N–H and O–H groups in total. The minimum Gasteiger partial charge on any atom is -0.467 e. The van der Waals surface area contributed by atoms with Gasteiger partial charge in [0.2, 0.25) is 0 Å². The van der Waals surface area contributed by atoms with Crippen LogP contribution in [0.25, 0.3) is 0 Å². The van der Waals surface area contributed by atoms with Gasteiger partial charge in [-0.2, -0.15) is 0 Å². The fourth-order valence-electron chi connectivity index (χ4n) is 2.36. The normalized spacial score (nSPS) is 10.7. The van der Waals surface area contributed by atoms with Crippen LogP contribution >= 0.6 is 46.4 Å². The molecule has 0 unspecified atom stereocenters. The number of benzene rings is 2. The van der Waals surface area contributed by atoms with E-state index in [1.807, 2.05) is 0 Å². The molecule has 0 aliphatic heterocycles. The standard InChI is InChI=1S/C11H11Cl2NO4.C11H9Cl2NO3/c1-18-11(17)8(5-15)14-10(16)9-6(12)3-2-4-7(9)13;1-6(11(16)17-2)14-10(15)9-7(12)4-3-5-8(9)13/h2-4,8,15H,5H2,1H3,(H,14,16);3-5H,1H2,2H3,(H,14,15)/t8-;/m0./s1. The number of hydrogen-bond acceptors (Lipinski definition) is 7. The van der Waals surface area contributed by atoms with E-state index < -0.39 is 36.4 Å². The Bertz CT molecular complexity index is 1080. The number of rotatable bonds is 7. The number of halogens is 4. The van der Waals surface area contributed by atoms with Crippen molar-refractivity contribution in [1.29, 1.82) is 0 Å². The summed E-state index contributed by atoms with van der Waals surface area (Å²) < 4.78 is 8.81. The van der Waals surface area contributed by atoms with E-state index in [0.717, 1.165) is 7.11 Å². The Balaban J connectivity index is 0.000000351. The van der Waals surface area contributed by atoms with Gasteiger partial charge in [0.1, 0.15) is 5.70 Å². The zero-order valence-corrected chi connectivity index (χ0v) is 21.4. The van der Waals surface area contributed by atoms with Crippen LogP contribution in [0.1, 0.15) is 20.7 Å². The van der Waals surface area contributed by atoms with E-state index in [-0.39, 0.29) is 36.9 Å². The first kappa shape index (κ1) is 30.2. The topological polar surface area (TPSA) is 131 Å². The van der Waals surface area contributed by atoms with E-state index in [0.29, 0.717) is 0 Å². The highest BCUT2D eigenvalue weighted by atomic mass is 35.5. The van der Waals surface area contributed by atoms with Crippen molar-refractivity contribution in [2.45, 2.75) is 6.04 Å². The molecule has 35 heavy (non-hydrogen) atoms. The number of ether oxygens (including phenoxy) is 2. The Hall–Kier alpha value is -2.82. The molecular formula is C22H20Cl4N2O7. The van der Waals surface area contributed by atoms with Gasteiger partial charge < -0.3 is 25.2 Å². The van der Waals surface area contributed by atoms with Crippen molar-refractivity contribution >= 4 is 70.2 Å². The first-order valence-electron chi connectivity index (χ1n) is 9.44. The summed E-state index contributed by atoms with van der Waals surface area (Å²) in [7, 11) is 2.34. The Morgan fingerprint density at radius 1 is 0.857 bits per heavy atom. The smallest absolute Gasteiger partial charge is 0.353 e. The first-order chi connectivity index (χ1) is 16.5. The minimum atomic E-state index is -1.16. The lowest BCUT2D eigenvalue weighted by atomic mass is 10.2. The molecule has 0 heterocycles. The monoisotopic (exact) mass is 564 g/mol. The maximum absolute atomic E-state index is 11.9. The summed E-state index contributed by atoms with van der Waals surface area (Å²) in [6.45, 7) is 2.77. The number of amides is 2. The van der Waals surface area contributed by atoms with Crippen LogP contribution in [-0.2, 0) is 19.1 Å². The fourth-order valence-corrected chi connectivity index (χ4v) is 3.49. The lowest BCUT2D eigenvalue weighted by Crippen LogP contribution is -2.44. The maximum atomic E-state index is 11.9. The Morgan fingerprint density at radius 2 is 1.29 bits per heavy atom. The average molecular weight is 566 g/mol. The molecule has 188 valence electrons. The molecule has 0 bridgehead atoms. The lowest BCUT2D eigenvalue weighted by Gasteiger charge is -2.14. The summed E-state index contributed by atoms with van der Waals surface area (Å²) in [5.41, 5.74) is -0.0578. The van der Waals surface area contributed by atoms with Crippen LogP contribution in [0, 0.1) is 0 Å². The molecule has 0 saturated heterocycles. The van der Waals surface area contributed by atoms with Crippen molar-refractivity contribution in [1.82, 2.24) is 10.6 Å². The number of hydrogen-bond donors (Lipinski definition) is 3. The Morgan fingerprint density at radius 3 is 1.66 bits per heavy atom. The zero-order valence-electron chi connectivity index (χ0n) is 18.4. The van der Waals surface area contributed by atoms with Gasteiger partial charge in [0.15, 0.2) is 6.04 Å². The van der Waals surface area contributed by atoms with E-state index in [1.54, 1.807) is 12.1 Å². The van der Waals surface area contributed by atoms with Gasteiger partial charge in [-0.3, -0.25) is 9.59 Å². The summed E-state index contributed by atoms with van der Waals surface area (Å²) in [5, 5.41) is 14.2. The zero-order chi connectivity index (χ0) is 26.7. The SMILES string of the molecule is C=C(NC(=O)c1c(Cl)cccc1Cl)C(=O)OC.COC(=O)[C@H](CO)NC(=O)c1c(Cl)cccc1Cl. The molecule has 0 fully saturated rings. The molecular weight excluding hydrogens is 546 g/mol. The molecule has 9 nitrogen and oxygen atoms in total. The van der Waals surface area contributed by atoms with Gasteiger partial charge in [-0.25, -0.2) is 9.59 Å². The van der Waals surface area contributed by atoms with Crippen LogP contribution in [0.5, 0.6) is 0 Å². The highest BCUT2D eigenvalue weighted by Crippen LogP contribution is 2.25. The molecule has 0 aliphatic carbocycles. The van der Waals surface area contributed by atoms with Gasteiger partial charge in [-0.05, 0) is 24.3 Å². The highest BCUT2D eigenvalue weighted by molar-refractivity contribution is 6.40. The second-order valence-corrected chi connectivity index (χ2v) is 7.98. The summed E-state index contributed by atoms with van der Waals surface area (Å²) in [6, 6.07) is 8.06. The molecule has 2 rings (SSSR count). The van der Waals surface area contributed by atoms with E-state index in [9.17, 15) is 19.2 Å². The van der Waals surface area contributed by atoms with Crippen molar-refractivity contribution in [3.05, 3.63) is 79.9 Å². The maximum Gasteiger partial charge on any atom is 0.353 e. The molecule has 1 atom stereocenters. The van der Waals surface area contributed by atoms with Gasteiger partial charge in [0, 0.05) is 0 Å². The van der Waals surface area contributed by atoms with Crippen LogP contribution in [0.2, 0.25) is 20.1 Å². The summed E-state index contributed by atoms with van der Waals surface area (Å²) in [6.07, 6.45) is 0. The lowest BCUT2D eigenvalue weighted by molar-refractivity contribution is -0.143. The van der Waals surface area contributed by atoms with Crippen LogP contribution in [0.15, 0.2) is 48.7 Å². The van der Waals surface area contributed by atoms with Crippen LogP contribution in [0.3, 0.4) is 0 Å². The van der Waals surface area contributed by atoms with Crippen LogP contribution in [-0.4, -0.2) is 55.7 Å². The molecule has 13 heteroatoms. The molecule has 0 radical (unpaired) electrons. The van der Waals surface area contributed by atoms with E-state index >= 15 is 0 Å². The third kappa shape index (κ3) is 8.72. The second kappa shape index (κ2) is 14.6. The molecule has 0 aliphatic rings. The predicted octanol–water partition coefficient (Wildman–Crippen LogP) is 3.67. The van der Waals surface area contributed by atoms with Gasteiger partial charge in [0.05, 0.1) is 52.0 Å². The number of aliphatic hydroxyl groups excluding tert-OH is 1. The Kier molecular flexibility index (Phi) is 12.6. The molecule has 2 amide bonds. The third-order valence-electron chi connectivity index (χ3n) is 4.05. The Labute approximate surface area is 220 Å². The van der Waals surface area contributed by atoms with Gasteiger partial charge >= 0.3 is 11.9 Å². The molecule has 0 spiro atoms. The van der Waals surface area contributed by atoms with E-state index in [1.165, 1.54) is 31.4 Å². The summed E-state index contributed by atoms with van der Waals surface area (Å²) in [4.78, 5) is 45.9. The molecule has 0 aromatic heterocycles. The second-order valence-electron chi connectivity index (χ2n) is 6.35. The number of methoxy groups -OCH3 is 2. The molecule has 2 aromatic carbocycles. The van der Waals surface area contributed by atoms with Crippen molar-refractivity contribution < 1.29 is 33.8 Å².